The quantitative estimate of drug-likeness (QED) is 0.705. The molecule has 1 aromatic rings. The van der Waals surface area contributed by atoms with Crippen molar-refractivity contribution in [1.82, 2.24) is 0 Å². The molecule has 1 aliphatic rings. The molecule has 0 aliphatic carbocycles. The zero-order valence-corrected chi connectivity index (χ0v) is 9.77. The Hall–Kier alpha value is -2.30. The molecular formula is C13H14N2O3. The van der Waals surface area contributed by atoms with Crippen molar-refractivity contribution in [1.29, 1.82) is 0 Å². The van der Waals surface area contributed by atoms with Crippen LogP contribution in [0.25, 0.3) is 0 Å². The molecule has 5 nitrogen and oxygen atoms in total. The minimum Gasteiger partial charge on any atom is -0.478 e. The van der Waals surface area contributed by atoms with E-state index in [0.717, 1.165) is 29.4 Å². The van der Waals surface area contributed by atoms with Crippen molar-refractivity contribution in [2.75, 3.05) is 17.2 Å². The van der Waals surface area contributed by atoms with Crippen molar-refractivity contribution in [2.45, 2.75) is 12.8 Å². The molecule has 18 heavy (non-hydrogen) atoms. The number of carboxylic acids is 1. The first-order valence-corrected chi connectivity index (χ1v) is 5.71. The summed E-state index contributed by atoms with van der Waals surface area (Å²) in [5.41, 5.74) is 2.87. The lowest BCUT2D eigenvalue weighted by Gasteiger charge is -2.17. The molecule has 0 fully saturated rings. The summed E-state index contributed by atoms with van der Waals surface area (Å²) < 4.78 is 0. The van der Waals surface area contributed by atoms with Crippen LogP contribution in [0.15, 0.2) is 30.4 Å². The number of carboxylic acid groups (broad SMARTS) is 1. The van der Waals surface area contributed by atoms with Crippen LogP contribution in [0.1, 0.15) is 12.0 Å². The van der Waals surface area contributed by atoms with Gasteiger partial charge in [-0.25, -0.2) is 4.79 Å². The van der Waals surface area contributed by atoms with E-state index in [4.69, 9.17) is 5.11 Å². The monoisotopic (exact) mass is 246 g/mol. The van der Waals surface area contributed by atoms with Gasteiger partial charge in [0.15, 0.2) is 0 Å². The normalized spacial score (nSPS) is 14.1. The lowest BCUT2D eigenvalue weighted by Crippen LogP contribution is -2.19. The van der Waals surface area contributed by atoms with E-state index < -0.39 is 5.97 Å². The van der Waals surface area contributed by atoms with E-state index in [1.807, 2.05) is 18.2 Å². The number of hydrogen-bond donors (Lipinski definition) is 3. The lowest BCUT2D eigenvalue weighted by molar-refractivity contribution is -0.131. The predicted octanol–water partition coefficient (Wildman–Crippen LogP) is 1.62. The van der Waals surface area contributed by atoms with Gasteiger partial charge < -0.3 is 15.7 Å². The van der Waals surface area contributed by atoms with Crippen LogP contribution in [0.2, 0.25) is 0 Å². The number of carbonyl (C=O) groups excluding carboxylic acids is 1. The van der Waals surface area contributed by atoms with Crippen molar-refractivity contribution < 1.29 is 14.7 Å². The predicted molar refractivity (Wildman–Crippen MR) is 68.7 cm³/mol. The first-order valence-electron chi connectivity index (χ1n) is 5.71. The zero-order valence-electron chi connectivity index (χ0n) is 9.77. The molecule has 1 amide bonds. The van der Waals surface area contributed by atoms with Crippen LogP contribution in [-0.4, -0.2) is 23.5 Å². The SMILES string of the molecule is O=C(O)/C=C/CNc1ccc2c(c1)CCC(=O)N2. The van der Waals surface area contributed by atoms with Crippen molar-refractivity contribution in [2.24, 2.45) is 0 Å². The third-order valence-electron chi connectivity index (χ3n) is 2.69. The number of anilines is 2. The first kappa shape index (κ1) is 12.2. The number of rotatable bonds is 4. The van der Waals surface area contributed by atoms with Gasteiger partial charge in [-0.3, -0.25) is 4.79 Å². The van der Waals surface area contributed by atoms with E-state index in [0.29, 0.717) is 13.0 Å². The van der Waals surface area contributed by atoms with Crippen molar-refractivity contribution in [3.63, 3.8) is 0 Å². The largest absolute Gasteiger partial charge is 0.478 e. The number of aryl methyl sites for hydroxylation is 1. The highest BCUT2D eigenvalue weighted by atomic mass is 16.4. The molecule has 0 unspecified atom stereocenters. The summed E-state index contributed by atoms with van der Waals surface area (Å²) in [5.74, 6) is -0.905. The summed E-state index contributed by atoms with van der Waals surface area (Å²) in [5, 5.41) is 14.3. The molecule has 5 heteroatoms. The van der Waals surface area contributed by atoms with E-state index in [9.17, 15) is 9.59 Å². The van der Waals surface area contributed by atoms with E-state index in [-0.39, 0.29) is 5.91 Å². The minimum atomic E-state index is -0.954. The molecular weight excluding hydrogens is 232 g/mol. The molecule has 0 radical (unpaired) electrons. The molecule has 0 aromatic heterocycles. The standard InChI is InChI=1S/C13H14N2O3/c16-12-6-3-9-8-10(4-5-11(9)15-12)14-7-1-2-13(17)18/h1-2,4-5,8,14H,3,6-7H2,(H,15,16)(H,17,18)/b2-1+. The van der Waals surface area contributed by atoms with Crippen LogP contribution in [0, 0.1) is 0 Å². The Balaban J connectivity index is 1.99. The van der Waals surface area contributed by atoms with E-state index in [2.05, 4.69) is 10.6 Å². The van der Waals surface area contributed by atoms with Crippen LogP contribution < -0.4 is 10.6 Å². The van der Waals surface area contributed by atoms with Crippen LogP contribution in [0.3, 0.4) is 0 Å². The topological polar surface area (TPSA) is 78.4 Å². The first-order chi connectivity index (χ1) is 8.65. The Morgan fingerprint density at radius 1 is 1.44 bits per heavy atom. The molecule has 0 spiro atoms. The summed E-state index contributed by atoms with van der Waals surface area (Å²) in [6.45, 7) is 0.456. The molecule has 94 valence electrons. The average molecular weight is 246 g/mol. The van der Waals surface area contributed by atoms with E-state index >= 15 is 0 Å². The molecule has 0 atom stereocenters. The van der Waals surface area contributed by atoms with Gasteiger partial charge in [-0.1, -0.05) is 6.08 Å². The Bertz CT molecular complexity index is 509. The third-order valence-corrected chi connectivity index (χ3v) is 2.69. The van der Waals surface area contributed by atoms with Crippen LogP contribution in [0.4, 0.5) is 11.4 Å². The van der Waals surface area contributed by atoms with Crippen molar-refractivity contribution in [3.8, 4) is 0 Å². The highest BCUT2D eigenvalue weighted by Gasteiger charge is 2.14. The molecule has 1 aromatic carbocycles. The van der Waals surface area contributed by atoms with E-state index in [1.54, 1.807) is 6.08 Å². The van der Waals surface area contributed by atoms with Crippen LogP contribution in [0.5, 0.6) is 0 Å². The summed E-state index contributed by atoms with van der Waals surface area (Å²) in [6, 6.07) is 5.69. The maximum Gasteiger partial charge on any atom is 0.328 e. The Kier molecular flexibility index (Phi) is 3.62. The lowest BCUT2D eigenvalue weighted by atomic mass is 10.0. The fourth-order valence-electron chi connectivity index (χ4n) is 1.83. The molecule has 0 bridgehead atoms. The molecule has 0 saturated heterocycles. The Morgan fingerprint density at radius 3 is 3.06 bits per heavy atom. The van der Waals surface area contributed by atoms with Gasteiger partial charge >= 0.3 is 5.97 Å². The maximum atomic E-state index is 11.2. The molecule has 2 rings (SSSR count). The zero-order chi connectivity index (χ0) is 13.0. The van der Waals surface area contributed by atoms with Gasteiger partial charge in [0.25, 0.3) is 0 Å². The fraction of sp³-hybridized carbons (Fsp3) is 0.231. The number of aliphatic carboxylic acids is 1. The summed E-state index contributed by atoms with van der Waals surface area (Å²) in [7, 11) is 0. The smallest absolute Gasteiger partial charge is 0.328 e. The third kappa shape index (κ3) is 3.10. The van der Waals surface area contributed by atoms with Gasteiger partial charge in [-0.2, -0.15) is 0 Å². The Labute approximate surface area is 105 Å². The van der Waals surface area contributed by atoms with E-state index in [1.165, 1.54) is 0 Å². The van der Waals surface area contributed by atoms with Crippen LogP contribution in [-0.2, 0) is 16.0 Å². The fourth-order valence-corrected chi connectivity index (χ4v) is 1.83. The van der Waals surface area contributed by atoms with Gasteiger partial charge in [0, 0.05) is 30.4 Å². The minimum absolute atomic E-state index is 0.0487. The number of amides is 1. The maximum absolute atomic E-state index is 11.2. The number of fused-ring (bicyclic) bond motifs is 1. The van der Waals surface area contributed by atoms with Gasteiger partial charge in [-0.05, 0) is 30.2 Å². The molecule has 1 aliphatic heterocycles. The van der Waals surface area contributed by atoms with Crippen molar-refractivity contribution >= 4 is 23.3 Å². The number of hydrogen-bond acceptors (Lipinski definition) is 3. The second-order valence-corrected chi connectivity index (χ2v) is 4.04. The molecule has 3 N–H and O–H groups in total. The average Bonchev–Trinajstić information content (AvgIpc) is 2.34. The van der Waals surface area contributed by atoms with Gasteiger partial charge in [0.05, 0.1) is 0 Å². The second kappa shape index (κ2) is 5.35. The number of carbonyl (C=O) groups is 2. The number of nitrogens with one attached hydrogen (secondary N) is 2. The summed E-state index contributed by atoms with van der Waals surface area (Å²) >= 11 is 0. The Morgan fingerprint density at radius 2 is 2.28 bits per heavy atom. The number of benzene rings is 1. The summed E-state index contributed by atoms with van der Waals surface area (Å²) in [6.07, 6.45) is 3.90. The highest BCUT2D eigenvalue weighted by Crippen LogP contribution is 2.25. The molecule has 0 saturated carbocycles. The van der Waals surface area contributed by atoms with Crippen LogP contribution >= 0.6 is 0 Å². The van der Waals surface area contributed by atoms with Crippen molar-refractivity contribution in [3.05, 3.63) is 35.9 Å². The van der Waals surface area contributed by atoms with Gasteiger partial charge in [0.1, 0.15) is 0 Å². The summed E-state index contributed by atoms with van der Waals surface area (Å²) in [4.78, 5) is 21.5. The second-order valence-electron chi connectivity index (χ2n) is 4.04. The molecule has 1 heterocycles. The van der Waals surface area contributed by atoms with Gasteiger partial charge in [-0.15, -0.1) is 0 Å². The highest BCUT2D eigenvalue weighted by molar-refractivity contribution is 5.94. The van der Waals surface area contributed by atoms with Gasteiger partial charge in [0.2, 0.25) is 5.91 Å².